The van der Waals surface area contributed by atoms with E-state index in [2.05, 4.69) is 24.1 Å². The summed E-state index contributed by atoms with van der Waals surface area (Å²) >= 11 is 1.73. The summed E-state index contributed by atoms with van der Waals surface area (Å²) in [5.41, 5.74) is 0. The van der Waals surface area contributed by atoms with Gasteiger partial charge in [0.15, 0.2) is 0 Å². The second-order valence-electron chi connectivity index (χ2n) is 4.01. The molecule has 1 heterocycles. The van der Waals surface area contributed by atoms with E-state index in [1.165, 1.54) is 0 Å². The number of rotatable bonds is 7. The van der Waals surface area contributed by atoms with Gasteiger partial charge in [0.05, 0.1) is 11.6 Å². The number of nitrogens with zero attached hydrogens (tertiary/aromatic N) is 1. The van der Waals surface area contributed by atoms with Gasteiger partial charge in [-0.25, -0.2) is 4.98 Å². The van der Waals surface area contributed by atoms with Crippen LogP contribution in [0.25, 0.3) is 0 Å². The number of pyridine rings is 1. The van der Waals surface area contributed by atoms with Crippen molar-refractivity contribution < 1.29 is 5.11 Å². The second kappa shape index (κ2) is 7.65. The van der Waals surface area contributed by atoms with Crippen LogP contribution in [0.2, 0.25) is 0 Å². The van der Waals surface area contributed by atoms with Crippen LogP contribution in [-0.4, -0.2) is 34.5 Å². The standard InChI is InChI=1S/C12H20N2OS/c1-10(2)14-11(9-15)6-8-16-12-5-3-4-7-13-12/h3-5,7,10-11,14-15H,6,8-9H2,1-2H3. The fourth-order valence-electron chi connectivity index (χ4n) is 1.44. The summed E-state index contributed by atoms with van der Waals surface area (Å²) in [6, 6.07) is 6.52. The van der Waals surface area contributed by atoms with E-state index < -0.39 is 0 Å². The molecule has 0 amide bonds. The second-order valence-corrected chi connectivity index (χ2v) is 5.12. The summed E-state index contributed by atoms with van der Waals surface area (Å²) in [6.45, 7) is 4.38. The monoisotopic (exact) mass is 240 g/mol. The van der Waals surface area contributed by atoms with Crippen LogP contribution in [0.1, 0.15) is 20.3 Å². The van der Waals surface area contributed by atoms with Gasteiger partial charge in [0, 0.05) is 24.0 Å². The lowest BCUT2D eigenvalue weighted by atomic mass is 10.2. The summed E-state index contributed by atoms with van der Waals surface area (Å²) < 4.78 is 0. The molecule has 4 heteroatoms. The highest BCUT2D eigenvalue weighted by atomic mass is 32.2. The first-order valence-electron chi connectivity index (χ1n) is 5.63. The maximum Gasteiger partial charge on any atom is 0.0959 e. The highest BCUT2D eigenvalue weighted by Crippen LogP contribution is 2.15. The normalized spacial score (nSPS) is 13.0. The Kier molecular flexibility index (Phi) is 6.45. The van der Waals surface area contributed by atoms with Crippen molar-refractivity contribution in [3.63, 3.8) is 0 Å². The number of aromatic nitrogens is 1. The van der Waals surface area contributed by atoms with Gasteiger partial charge in [-0.1, -0.05) is 19.9 Å². The molecule has 1 rings (SSSR count). The van der Waals surface area contributed by atoms with Gasteiger partial charge in [0.1, 0.15) is 0 Å². The van der Waals surface area contributed by atoms with E-state index in [9.17, 15) is 5.11 Å². The third-order valence-electron chi connectivity index (χ3n) is 2.14. The summed E-state index contributed by atoms with van der Waals surface area (Å²) in [7, 11) is 0. The van der Waals surface area contributed by atoms with E-state index in [0.29, 0.717) is 6.04 Å². The van der Waals surface area contributed by atoms with E-state index in [0.717, 1.165) is 17.2 Å². The first-order chi connectivity index (χ1) is 7.72. The van der Waals surface area contributed by atoms with Gasteiger partial charge in [-0.15, -0.1) is 11.8 Å². The van der Waals surface area contributed by atoms with Crippen molar-refractivity contribution in [2.45, 2.75) is 37.4 Å². The summed E-state index contributed by atoms with van der Waals surface area (Å²) in [5, 5.41) is 13.6. The van der Waals surface area contributed by atoms with Crippen molar-refractivity contribution in [2.24, 2.45) is 0 Å². The molecule has 0 aliphatic carbocycles. The number of hydrogen-bond acceptors (Lipinski definition) is 4. The first kappa shape index (κ1) is 13.5. The molecule has 0 radical (unpaired) electrons. The van der Waals surface area contributed by atoms with Crippen LogP contribution in [-0.2, 0) is 0 Å². The lowest BCUT2D eigenvalue weighted by Gasteiger charge is -2.18. The molecule has 0 bridgehead atoms. The van der Waals surface area contributed by atoms with Gasteiger partial charge < -0.3 is 10.4 Å². The highest BCUT2D eigenvalue weighted by Gasteiger charge is 2.08. The van der Waals surface area contributed by atoms with Crippen LogP contribution in [0.5, 0.6) is 0 Å². The number of thioether (sulfide) groups is 1. The molecule has 1 unspecified atom stereocenters. The molecule has 1 aromatic heterocycles. The molecule has 2 N–H and O–H groups in total. The van der Waals surface area contributed by atoms with Crippen molar-refractivity contribution in [1.82, 2.24) is 10.3 Å². The van der Waals surface area contributed by atoms with Crippen molar-refractivity contribution in [2.75, 3.05) is 12.4 Å². The number of hydrogen-bond donors (Lipinski definition) is 2. The zero-order chi connectivity index (χ0) is 11.8. The Morgan fingerprint density at radius 1 is 1.44 bits per heavy atom. The Bertz CT molecular complexity index is 280. The predicted molar refractivity (Wildman–Crippen MR) is 68.7 cm³/mol. The molecule has 0 fully saturated rings. The lowest BCUT2D eigenvalue weighted by molar-refractivity contribution is 0.232. The van der Waals surface area contributed by atoms with Crippen LogP contribution in [0.15, 0.2) is 29.4 Å². The van der Waals surface area contributed by atoms with Gasteiger partial charge in [-0.05, 0) is 18.6 Å². The predicted octanol–water partition coefficient (Wildman–Crippen LogP) is 1.92. The Morgan fingerprint density at radius 2 is 2.25 bits per heavy atom. The van der Waals surface area contributed by atoms with Gasteiger partial charge in [0.2, 0.25) is 0 Å². The highest BCUT2D eigenvalue weighted by molar-refractivity contribution is 7.99. The Morgan fingerprint density at radius 3 is 2.81 bits per heavy atom. The van der Waals surface area contributed by atoms with Crippen molar-refractivity contribution in [3.05, 3.63) is 24.4 Å². The van der Waals surface area contributed by atoms with Gasteiger partial charge in [0.25, 0.3) is 0 Å². The molecule has 3 nitrogen and oxygen atoms in total. The summed E-state index contributed by atoms with van der Waals surface area (Å²) in [6.07, 6.45) is 2.76. The fourth-order valence-corrected chi connectivity index (χ4v) is 2.36. The van der Waals surface area contributed by atoms with Crippen LogP contribution in [0.3, 0.4) is 0 Å². The molecular weight excluding hydrogens is 220 g/mol. The molecule has 16 heavy (non-hydrogen) atoms. The number of nitrogens with one attached hydrogen (secondary N) is 1. The minimum absolute atomic E-state index is 0.191. The third kappa shape index (κ3) is 5.49. The van der Waals surface area contributed by atoms with E-state index >= 15 is 0 Å². The van der Waals surface area contributed by atoms with Crippen molar-refractivity contribution >= 4 is 11.8 Å². The molecule has 0 saturated heterocycles. The SMILES string of the molecule is CC(C)NC(CO)CCSc1ccccn1. The summed E-state index contributed by atoms with van der Waals surface area (Å²) in [5.74, 6) is 0.974. The molecule has 0 saturated carbocycles. The number of aliphatic hydroxyl groups is 1. The van der Waals surface area contributed by atoms with Gasteiger partial charge >= 0.3 is 0 Å². The smallest absolute Gasteiger partial charge is 0.0959 e. The topological polar surface area (TPSA) is 45.1 Å². The van der Waals surface area contributed by atoms with Crippen molar-refractivity contribution in [1.29, 1.82) is 0 Å². The largest absolute Gasteiger partial charge is 0.395 e. The Balaban J connectivity index is 2.23. The molecular formula is C12H20N2OS. The molecule has 0 aliphatic rings. The molecule has 0 aliphatic heterocycles. The van der Waals surface area contributed by atoms with Crippen LogP contribution >= 0.6 is 11.8 Å². The molecule has 1 atom stereocenters. The molecule has 0 aromatic carbocycles. The van der Waals surface area contributed by atoms with Crippen LogP contribution in [0.4, 0.5) is 0 Å². The average Bonchev–Trinajstić information content (AvgIpc) is 2.28. The lowest BCUT2D eigenvalue weighted by Crippen LogP contribution is -2.37. The Hall–Kier alpha value is -0.580. The number of aliphatic hydroxyl groups excluding tert-OH is 1. The van der Waals surface area contributed by atoms with Crippen LogP contribution in [0, 0.1) is 0 Å². The zero-order valence-electron chi connectivity index (χ0n) is 9.89. The third-order valence-corrected chi connectivity index (χ3v) is 3.12. The minimum Gasteiger partial charge on any atom is -0.395 e. The molecule has 1 aromatic rings. The minimum atomic E-state index is 0.191. The summed E-state index contributed by atoms with van der Waals surface area (Å²) in [4.78, 5) is 4.24. The van der Waals surface area contributed by atoms with Crippen molar-refractivity contribution in [3.8, 4) is 0 Å². The quantitative estimate of drug-likeness (QED) is 0.715. The Labute approximate surface area is 102 Å². The zero-order valence-corrected chi connectivity index (χ0v) is 10.7. The van der Waals surface area contributed by atoms with E-state index in [1.807, 2.05) is 18.2 Å². The first-order valence-corrected chi connectivity index (χ1v) is 6.61. The fraction of sp³-hybridized carbons (Fsp3) is 0.583. The van der Waals surface area contributed by atoms with E-state index in [4.69, 9.17) is 0 Å². The van der Waals surface area contributed by atoms with E-state index in [1.54, 1.807) is 18.0 Å². The maximum atomic E-state index is 9.18. The maximum absolute atomic E-state index is 9.18. The van der Waals surface area contributed by atoms with Crippen LogP contribution < -0.4 is 5.32 Å². The van der Waals surface area contributed by atoms with Gasteiger partial charge in [-0.3, -0.25) is 0 Å². The molecule has 0 spiro atoms. The van der Waals surface area contributed by atoms with Gasteiger partial charge in [-0.2, -0.15) is 0 Å². The van der Waals surface area contributed by atoms with E-state index in [-0.39, 0.29) is 12.6 Å². The molecule has 90 valence electrons. The average molecular weight is 240 g/mol.